The number of methoxy groups -OCH3 is 1. The fraction of sp³-hybridized carbons (Fsp3) is 0.357. The SMILES string of the molecule is CCCNCc1cc(-c2cccc(OC)c2)on1. The molecule has 1 N–H and O–H groups in total. The second kappa shape index (κ2) is 6.21. The van der Waals surface area contributed by atoms with E-state index in [0.717, 1.165) is 42.3 Å². The van der Waals surface area contributed by atoms with Crippen LogP contribution in [0.25, 0.3) is 11.3 Å². The van der Waals surface area contributed by atoms with Crippen molar-refractivity contribution in [2.24, 2.45) is 0 Å². The van der Waals surface area contributed by atoms with Crippen molar-refractivity contribution >= 4 is 0 Å². The van der Waals surface area contributed by atoms with Gasteiger partial charge in [-0.05, 0) is 25.1 Å². The molecule has 0 fully saturated rings. The van der Waals surface area contributed by atoms with E-state index in [2.05, 4.69) is 17.4 Å². The highest BCUT2D eigenvalue weighted by atomic mass is 16.5. The van der Waals surface area contributed by atoms with Gasteiger partial charge >= 0.3 is 0 Å². The Morgan fingerprint density at radius 3 is 3.00 bits per heavy atom. The number of hydrogen-bond donors (Lipinski definition) is 1. The maximum Gasteiger partial charge on any atom is 0.167 e. The van der Waals surface area contributed by atoms with Crippen molar-refractivity contribution in [3.8, 4) is 17.1 Å². The minimum absolute atomic E-state index is 0.737. The lowest BCUT2D eigenvalue weighted by Gasteiger charge is -2.00. The van der Waals surface area contributed by atoms with E-state index in [-0.39, 0.29) is 0 Å². The van der Waals surface area contributed by atoms with Crippen molar-refractivity contribution < 1.29 is 9.26 Å². The second-order valence-corrected chi connectivity index (χ2v) is 4.09. The molecule has 1 heterocycles. The molecule has 4 nitrogen and oxygen atoms in total. The van der Waals surface area contributed by atoms with Crippen LogP contribution < -0.4 is 10.1 Å². The van der Waals surface area contributed by atoms with Crippen molar-refractivity contribution in [2.75, 3.05) is 13.7 Å². The van der Waals surface area contributed by atoms with Gasteiger partial charge in [0.2, 0.25) is 0 Å². The summed E-state index contributed by atoms with van der Waals surface area (Å²) < 4.78 is 10.5. The van der Waals surface area contributed by atoms with E-state index in [1.54, 1.807) is 7.11 Å². The van der Waals surface area contributed by atoms with Crippen LogP contribution in [0.4, 0.5) is 0 Å². The number of benzene rings is 1. The monoisotopic (exact) mass is 246 g/mol. The Labute approximate surface area is 107 Å². The van der Waals surface area contributed by atoms with Gasteiger partial charge in [0.05, 0.1) is 12.8 Å². The van der Waals surface area contributed by atoms with E-state index in [0.29, 0.717) is 0 Å². The number of nitrogens with zero attached hydrogens (tertiary/aromatic N) is 1. The molecule has 96 valence electrons. The lowest BCUT2D eigenvalue weighted by molar-refractivity contribution is 0.411. The van der Waals surface area contributed by atoms with Gasteiger partial charge in [-0.1, -0.05) is 24.2 Å². The Hall–Kier alpha value is -1.81. The average Bonchev–Trinajstić information content (AvgIpc) is 2.88. The Bertz CT molecular complexity index is 494. The average molecular weight is 246 g/mol. The van der Waals surface area contributed by atoms with Gasteiger partial charge in [-0.3, -0.25) is 0 Å². The van der Waals surface area contributed by atoms with Crippen LogP contribution >= 0.6 is 0 Å². The fourth-order valence-electron chi connectivity index (χ4n) is 1.70. The smallest absolute Gasteiger partial charge is 0.167 e. The zero-order valence-electron chi connectivity index (χ0n) is 10.8. The maximum absolute atomic E-state index is 5.34. The number of hydrogen-bond acceptors (Lipinski definition) is 4. The van der Waals surface area contributed by atoms with Crippen LogP contribution in [0.3, 0.4) is 0 Å². The summed E-state index contributed by atoms with van der Waals surface area (Å²) in [5.41, 5.74) is 1.89. The van der Waals surface area contributed by atoms with Gasteiger partial charge in [0.15, 0.2) is 5.76 Å². The molecule has 0 atom stereocenters. The molecule has 2 rings (SSSR count). The first-order valence-corrected chi connectivity index (χ1v) is 6.14. The highest BCUT2D eigenvalue weighted by Crippen LogP contribution is 2.24. The number of rotatable bonds is 6. The summed E-state index contributed by atoms with van der Waals surface area (Å²) in [5, 5.41) is 7.33. The van der Waals surface area contributed by atoms with E-state index < -0.39 is 0 Å². The zero-order valence-corrected chi connectivity index (χ0v) is 10.8. The molecule has 0 aliphatic rings. The van der Waals surface area contributed by atoms with Gasteiger partial charge < -0.3 is 14.6 Å². The van der Waals surface area contributed by atoms with Gasteiger partial charge in [0.25, 0.3) is 0 Å². The van der Waals surface area contributed by atoms with Crippen LogP contribution in [-0.4, -0.2) is 18.8 Å². The second-order valence-electron chi connectivity index (χ2n) is 4.09. The summed E-state index contributed by atoms with van der Waals surface area (Å²) in [5.74, 6) is 1.58. The van der Waals surface area contributed by atoms with Gasteiger partial charge in [-0.15, -0.1) is 0 Å². The molecule has 18 heavy (non-hydrogen) atoms. The molecule has 0 amide bonds. The van der Waals surface area contributed by atoms with E-state index >= 15 is 0 Å². The quantitative estimate of drug-likeness (QED) is 0.796. The van der Waals surface area contributed by atoms with Crippen molar-refractivity contribution in [3.05, 3.63) is 36.0 Å². The summed E-state index contributed by atoms with van der Waals surface area (Å²) in [7, 11) is 1.65. The highest BCUT2D eigenvalue weighted by molar-refractivity contribution is 5.59. The molecule has 4 heteroatoms. The zero-order chi connectivity index (χ0) is 12.8. The molecule has 1 aromatic heterocycles. The molecule has 0 unspecified atom stereocenters. The topological polar surface area (TPSA) is 47.3 Å². The number of ether oxygens (including phenoxy) is 1. The van der Waals surface area contributed by atoms with Gasteiger partial charge in [-0.25, -0.2) is 0 Å². The van der Waals surface area contributed by atoms with Gasteiger partial charge in [-0.2, -0.15) is 0 Å². The third-order valence-electron chi connectivity index (χ3n) is 2.65. The first-order valence-electron chi connectivity index (χ1n) is 6.14. The molecule has 2 aromatic rings. The Morgan fingerprint density at radius 1 is 1.33 bits per heavy atom. The van der Waals surface area contributed by atoms with Crippen LogP contribution in [0.1, 0.15) is 19.0 Å². The molecule has 0 spiro atoms. The van der Waals surface area contributed by atoms with Crippen LogP contribution in [0.15, 0.2) is 34.9 Å². The summed E-state index contributed by atoms with van der Waals surface area (Å²) >= 11 is 0. The molecule has 1 aromatic carbocycles. The Balaban J connectivity index is 2.08. The summed E-state index contributed by atoms with van der Waals surface area (Å²) in [6.45, 7) is 3.86. The molecular weight excluding hydrogens is 228 g/mol. The molecular formula is C14H18N2O2. The summed E-state index contributed by atoms with van der Waals surface area (Å²) in [4.78, 5) is 0. The van der Waals surface area contributed by atoms with E-state index in [1.165, 1.54) is 0 Å². The highest BCUT2D eigenvalue weighted by Gasteiger charge is 2.07. The molecule has 0 radical (unpaired) electrons. The van der Waals surface area contributed by atoms with Gasteiger partial charge in [0, 0.05) is 18.2 Å². The van der Waals surface area contributed by atoms with Crippen LogP contribution in [0.2, 0.25) is 0 Å². The van der Waals surface area contributed by atoms with Crippen molar-refractivity contribution in [3.63, 3.8) is 0 Å². The lowest BCUT2D eigenvalue weighted by Crippen LogP contribution is -2.13. The molecule has 0 aliphatic heterocycles. The number of aromatic nitrogens is 1. The first kappa shape index (κ1) is 12.6. The van der Waals surface area contributed by atoms with Crippen molar-refractivity contribution in [1.82, 2.24) is 10.5 Å². The normalized spacial score (nSPS) is 10.6. The predicted molar refractivity (Wildman–Crippen MR) is 70.5 cm³/mol. The third-order valence-corrected chi connectivity index (χ3v) is 2.65. The maximum atomic E-state index is 5.34. The van der Waals surface area contributed by atoms with Crippen molar-refractivity contribution in [2.45, 2.75) is 19.9 Å². The van der Waals surface area contributed by atoms with Crippen LogP contribution in [0, 0.1) is 0 Å². The van der Waals surface area contributed by atoms with Crippen LogP contribution in [0.5, 0.6) is 5.75 Å². The summed E-state index contributed by atoms with van der Waals surface area (Å²) in [6.07, 6.45) is 1.11. The van der Waals surface area contributed by atoms with Crippen LogP contribution in [-0.2, 0) is 6.54 Å². The summed E-state index contributed by atoms with van der Waals surface area (Å²) in [6, 6.07) is 9.71. The van der Waals surface area contributed by atoms with E-state index in [1.807, 2.05) is 30.3 Å². The molecule has 0 aliphatic carbocycles. The number of nitrogens with one attached hydrogen (secondary N) is 1. The fourth-order valence-corrected chi connectivity index (χ4v) is 1.70. The van der Waals surface area contributed by atoms with Crippen molar-refractivity contribution in [1.29, 1.82) is 0 Å². The Morgan fingerprint density at radius 2 is 2.22 bits per heavy atom. The van der Waals surface area contributed by atoms with Gasteiger partial charge in [0.1, 0.15) is 5.75 Å². The predicted octanol–water partition coefficient (Wildman–Crippen LogP) is 2.85. The molecule has 0 saturated carbocycles. The Kier molecular flexibility index (Phi) is 4.36. The largest absolute Gasteiger partial charge is 0.497 e. The lowest BCUT2D eigenvalue weighted by atomic mass is 10.1. The molecule has 0 saturated heterocycles. The standard InChI is InChI=1S/C14H18N2O2/c1-3-7-15-10-12-9-14(18-16-12)11-5-4-6-13(8-11)17-2/h4-6,8-9,15H,3,7,10H2,1-2H3. The van der Waals surface area contributed by atoms with E-state index in [9.17, 15) is 0 Å². The minimum atomic E-state index is 0.737. The minimum Gasteiger partial charge on any atom is -0.497 e. The first-order chi connectivity index (χ1) is 8.83. The molecule has 0 bridgehead atoms. The van der Waals surface area contributed by atoms with E-state index in [4.69, 9.17) is 9.26 Å². The third kappa shape index (κ3) is 3.11.